The van der Waals surface area contributed by atoms with Gasteiger partial charge in [0.1, 0.15) is 0 Å². The van der Waals surface area contributed by atoms with Gasteiger partial charge in [0, 0.05) is 10.0 Å². The minimum atomic E-state index is -0.281. The van der Waals surface area contributed by atoms with E-state index in [1.165, 1.54) is 0 Å². The average molecular weight is 389 g/mol. The number of amides is 2. The Labute approximate surface area is 158 Å². The molecule has 138 valence electrons. The number of carbonyl (C=O) groups excluding carboxylic acids is 2. The number of nitrogens with zero attached hydrogens (tertiary/aromatic N) is 1. The fourth-order valence-corrected chi connectivity index (χ4v) is 3.42. The molecule has 0 bridgehead atoms. The van der Waals surface area contributed by atoms with E-state index in [0.717, 1.165) is 23.6 Å². The zero-order chi connectivity index (χ0) is 18.4. The summed E-state index contributed by atoms with van der Waals surface area (Å²) in [4.78, 5) is 26.8. The lowest BCUT2D eigenvalue weighted by Crippen LogP contribution is -3.15. The molecule has 1 aliphatic heterocycles. The summed E-state index contributed by atoms with van der Waals surface area (Å²) in [5, 5.41) is 4.07. The van der Waals surface area contributed by atoms with E-state index in [1.54, 1.807) is 24.0 Å². The summed E-state index contributed by atoms with van der Waals surface area (Å²) < 4.78 is 5.00. The fourth-order valence-electron chi connectivity index (χ4n) is 2.85. The molecule has 1 fully saturated rings. The Kier molecular flexibility index (Phi) is 7.35. The smallest absolute Gasteiger partial charge is 0.410 e. The SMILES string of the molecule is CCOC(=O)N1CC[NH+](CC(=O)N[C@H](C)c2ccc(Cl)cc2Cl)CC1. The predicted molar refractivity (Wildman–Crippen MR) is 97.2 cm³/mol. The summed E-state index contributed by atoms with van der Waals surface area (Å²) in [6, 6.07) is 5.05. The summed E-state index contributed by atoms with van der Waals surface area (Å²) >= 11 is 12.1. The van der Waals surface area contributed by atoms with Gasteiger partial charge in [0.15, 0.2) is 6.54 Å². The van der Waals surface area contributed by atoms with Crippen LogP contribution in [-0.2, 0) is 9.53 Å². The topological polar surface area (TPSA) is 63.1 Å². The molecular weight excluding hydrogens is 365 g/mol. The molecule has 1 heterocycles. The van der Waals surface area contributed by atoms with Crippen molar-refractivity contribution in [2.45, 2.75) is 19.9 Å². The lowest BCUT2D eigenvalue weighted by molar-refractivity contribution is -0.896. The first-order valence-corrected chi connectivity index (χ1v) is 9.16. The normalized spacial score (nSPS) is 16.4. The van der Waals surface area contributed by atoms with Gasteiger partial charge in [0.2, 0.25) is 0 Å². The Hall–Kier alpha value is -1.50. The van der Waals surface area contributed by atoms with Gasteiger partial charge in [-0.2, -0.15) is 0 Å². The number of quaternary nitrogens is 1. The molecule has 1 aromatic rings. The Bertz CT molecular complexity index is 619. The zero-order valence-corrected chi connectivity index (χ0v) is 16.0. The molecule has 1 saturated heterocycles. The first-order chi connectivity index (χ1) is 11.9. The number of hydrogen-bond acceptors (Lipinski definition) is 3. The quantitative estimate of drug-likeness (QED) is 0.803. The van der Waals surface area contributed by atoms with E-state index in [9.17, 15) is 9.59 Å². The number of rotatable bonds is 5. The molecule has 0 aromatic heterocycles. The third-order valence-corrected chi connectivity index (χ3v) is 4.78. The maximum Gasteiger partial charge on any atom is 0.410 e. The zero-order valence-electron chi connectivity index (χ0n) is 14.5. The largest absolute Gasteiger partial charge is 0.450 e. The fraction of sp³-hybridized carbons (Fsp3) is 0.529. The van der Waals surface area contributed by atoms with Gasteiger partial charge in [-0.3, -0.25) is 9.69 Å². The second-order valence-corrected chi connectivity index (χ2v) is 6.91. The Morgan fingerprint density at radius 1 is 1.32 bits per heavy atom. The first-order valence-electron chi connectivity index (χ1n) is 8.40. The molecule has 6 nitrogen and oxygen atoms in total. The van der Waals surface area contributed by atoms with Crippen molar-refractivity contribution < 1.29 is 19.2 Å². The van der Waals surface area contributed by atoms with Crippen LogP contribution in [0.4, 0.5) is 4.79 Å². The molecular formula is C17H24Cl2N3O3+. The average Bonchev–Trinajstić information content (AvgIpc) is 2.55. The van der Waals surface area contributed by atoms with Gasteiger partial charge in [-0.25, -0.2) is 4.79 Å². The van der Waals surface area contributed by atoms with E-state index in [0.29, 0.717) is 36.3 Å². The molecule has 0 spiro atoms. The Balaban J connectivity index is 1.80. The lowest BCUT2D eigenvalue weighted by atomic mass is 10.1. The van der Waals surface area contributed by atoms with Crippen LogP contribution in [0.1, 0.15) is 25.5 Å². The molecule has 8 heteroatoms. The van der Waals surface area contributed by atoms with E-state index in [2.05, 4.69) is 5.32 Å². The second kappa shape index (κ2) is 9.27. The van der Waals surface area contributed by atoms with Crippen LogP contribution in [0.25, 0.3) is 0 Å². The highest BCUT2D eigenvalue weighted by Gasteiger charge is 2.26. The summed E-state index contributed by atoms with van der Waals surface area (Å²) in [6.07, 6.45) is -0.281. The minimum Gasteiger partial charge on any atom is -0.450 e. The maximum atomic E-state index is 12.3. The summed E-state index contributed by atoms with van der Waals surface area (Å²) in [7, 11) is 0. The predicted octanol–water partition coefficient (Wildman–Crippen LogP) is 1.53. The molecule has 0 saturated carbocycles. The van der Waals surface area contributed by atoms with Crippen molar-refractivity contribution in [3.8, 4) is 0 Å². The number of ether oxygens (including phenoxy) is 1. The molecule has 1 aromatic carbocycles. The first kappa shape index (κ1) is 19.8. The van der Waals surface area contributed by atoms with Gasteiger partial charge in [0.25, 0.3) is 5.91 Å². The van der Waals surface area contributed by atoms with Crippen LogP contribution in [0.15, 0.2) is 18.2 Å². The van der Waals surface area contributed by atoms with Crippen molar-refractivity contribution in [1.29, 1.82) is 0 Å². The van der Waals surface area contributed by atoms with Gasteiger partial charge < -0.3 is 15.0 Å². The van der Waals surface area contributed by atoms with Gasteiger partial charge in [0.05, 0.1) is 38.8 Å². The number of nitrogens with one attached hydrogen (secondary N) is 2. The second-order valence-electron chi connectivity index (χ2n) is 6.07. The van der Waals surface area contributed by atoms with Crippen LogP contribution < -0.4 is 10.2 Å². The van der Waals surface area contributed by atoms with Crippen molar-refractivity contribution in [2.24, 2.45) is 0 Å². The van der Waals surface area contributed by atoms with Crippen LogP contribution in [-0.4, -0.2) is 56.2 Å². The maximum absolute atomic E-state index is 12.3. The summed E-state index contributed by atoms with van der Waals surface area (Å²) in [6.45, 7) is 7.06. The highest BCUT2D eigenvalue weighted by Crippen LogP contribution is 2.25. The lowest BCUT2D eigenvalue weighted by Gasteiger charge is -2.31. The van der Waals surface area contributed by atoms with Crippen molar-refractivity contribution in [3.05, 3.63) is 33.8 Å². The molecule has 2 amide bonds. The van der Waals surface area contributed by atoms with E-state index in [-0.39, 0.29) is 18.0 Å². The van der Waals surface area contributed by atoms with Gasteiger partial charge in [-0.15, -0.1) is 0 Å². The van der Waals surface area contributed by atoms with Crippen molar-refractivity contribution >= 4 is 35.2 Å². The molecule has 25 heavy (non-hydrogen) atoms. The van der Waals surface area contributed by atoms with Gasteiger partial charge >= 0.3 is 6.09 Å². The third kappa shape index (κ3) is 5.76. The highest BCUT2D eigenvalue weighted by atomic mass is 35.5. The Morgan fingerprint density at radius 2 is 2.00 bits per heavy atom. The summed E-state index contributed by atoms with van der Waals surface area (Å²) in [5.41, 5.74) is 0.835. The number of carbonyl (C=O) groups is 2. The molecule has 1 aliphatic rings. The van der Waals surface area contributed by atoms with E-state index >= 15 is 0 Å². The molecule has 0 radical (unpaired) electrons. The molecule has 2 N–H and O–H groups in total. The van der Waals surface area contributed by atoms with Crippen molar-refractivity contribution in [2.75, 3.05) is 39.3 Å². The monoisotopic (exact) mass is 388 g/mol. The third-order valence-electron chi connectivity index (χ3n) is 4.21. The van der Waals surface area contributed by atoms with Crippen molar-refractivity contribution in [1.82, 2.24) is 10.2 Å². The Morgan fingerprint density at radius 3 is 2.60 bits per heavy atom. The standard InChI is InChI=1S/C17H23Cl2N3O3/c1-3-25-17(24)22-8-6-21(7-9-22)11-16(23)20-12(2)14-5-4-13(18)10-15(14)19/h4-5,10,12H,3,6-9,11H2,1-2H3,(H,20,23)/p+1/t12-/m1/s1. The highest BCUT2D eigenvalue weighted by molar-refractivity contribution is 6.35. The molecule has 2 rings (SSSR count). The van der Waals surface area contributed by atoms with Gasteiger partial charge in [-0.05, 0) is 31.5 Å². The molecule has 0 aliphatic carbocycles. The number of halogens is 2. The van der Waals surface area contributed by atoms with Crippen LogP contribution in [0.5, 0.6) is 0 Å². The number of piperazine rings is 1. The minimum absolute atomic E-state index is 0.0434. The number of benzene rings is 1. The number of hydrogen-bond donors (Lipinski definition) is 2. The molecule has 1 atom stereocenters. The van der Waals surface area contributed by atoms with Crippen LogP contribution in [0.2, 0.25) is 10.0 Å². The van der Waals surface area contributed by atoms with E-state index < -0.39 is 0 Å². The summed E-state index contributed by atoms with van der Waals surface area (Å²) in [5.74, 6) is -0.0434. The van der Waals surface area contributed by atoms with Gasteiger partial charge in [-0.1, -0.05) is 29.3 Å². The van der Waals surface area contributed by atoms with Crippen LogP contribution in [0, 0.1) is 0 Å². The van der Waals surface area contributed by atoms with E-state index in [1.807, 2.05) is 13.0 Å². The van der Waals surface area contributed by atoms with Crippen LogP contribution in [0.3, 0.4) is 0 Å². The molecule has 0 unspecified atom stereocenters. The van der Waals surface area contributed by atoms with Crippen molar-refractivity contribution in [3.63, 3.8) is 0 Å². The van der Waals surface area contributed by atoms with E-state index in [4.69, 9.17) is 27.9 Å². The van der Waals surface area contributed by atoms with Crippen LogP contribution >= 0.6 is 23.2 Å².